The monoisotopic (exact) mass is 605 g/mol. The van der Waals surface area contributed by atoms with Crippen molar-refractivity contribution < 1.29 is 9.90 Å². The molecule has 0 unspecified atom stereocenters. The van der Waals surface area contributed by atoms with E-state index in [1.54, 1.807) is 18.3 Å². The highest BCUT2D eigenvalue weighted by Crippen LogP contribution is 2.37. The topological polar surface area (TPSA) is 102 Å². The first-order valence-corrected chi connectivity index (χ1v) is 15.9. The fourth-order valence-corrected chi connectivity index (χ4v) is 5.84. The largest absolute Gasteiger partial charge is 0.396 e. The van der Waals surface area contributed by atoms with Gasteiger partial charge >= 0.3 is 6.03 Å². The predicted molar refractivity (Wildman–Crippen MR) is 183 cm³/mol. The number of fused-ring (bicyclic) bond motifs is 1. The van der Waals surface area contributed by atoms with E-state index in [1.807, 2.05) is 18.2 Å². The van der Waals surface area contributed by atoms with Crippen molar-refractivity contribution in [3.05, 3.63) is 87.8 Å². The Morgan fingerprint density at radius 1 is 1.02 bits per heavy atom. The van der Waals surface area contributed by atoms with Crippen LogP contribution in [0.4, 0.5) is 16.2 Å². The molecule has 0 atom stereocenters. The Morgan fingerprint density at radius 2 is 1.76 bits per heavy atom. The number of likely N-dealkylation sites (tertiary alicyclic amines) is 1. The van der Waals surface area contributed by atoms with Gasteiger partial charge in [-0.05, 0) is 109 Å². The summed E-state index contributed by atoms with van der Waals surface area (Å²) in [4.78, 5) is 37.9. The number of pyridine rings is 2. The number of hydrogen-bond acceptors (Lipinski definition) is 5. The quantitative estimate of drug-likeness (QED) is 0.184. The summed E-state index contributed by atoms with van der Waals surface area (Å²) in [7, 11) is 0. The van der Waals surface area contributed by atoms with Crippen LogP contribution in [0.25, 0.3) is 22.2 Å². The third-order valence-corrected chi connectivity index (χ3v) is 8.28. The molecule has 234 valence electrons. The van der Waals surface area contributed by atoms with E-state index in [0.717, 1.165) is 53.1 Å². The molecule has 0 spiro atoms. The number of aromatic amines is 1. The average molecular weight is 606 g/mol. The van der Waals surface area contributed by atoms with Gasteiger partial charge in [-0.3, -0.25) is 14.6 Å². The smallest absolute Gasteiger partial charge is 0.326 e. The Balaban J connectivity index is 1.49. The SMILES string of the molecule is CC(C)c1cc(-c2cccc(C#CCN3CCCC3)c2)cc(C(C)C)c1NC(=O)N(CCCO)c1cc2cccnc2[nH]c1=O. The van der Waals surface area contributed by atoms with Gasteiger partial charge in [0, 0.05) is 36.0 Å². The fourth-order valence-electron chi connectivity index (χ4n) is 5.84. The molecule has 1 aliphatic heterocycles. The number of rotatable bonds is 9. The van der Waals surface area contributed by atoms with E-state index in [1.165, 1.54) is 17.7 Å². The van der Waals surface area contributed by atoms with Gasteiger partial charge in [-0.2, -0.15) is 0 Å². The molecule has 0 aliphatic carbocycles. The summed E-state index contributed by atoms with van der Waals surface area (Å²) < 4.78 is 0. The van der Waals surface area contributed by atoms with Crippen molar-refractivity contribution >= 4 is 28.4 Å². The molecule has 1 saturated heterocycles. The molecule has 8 nitrogen and oxygen atoms in total. The minimum Gasteiger partial charge on any atom is -0.396 e. The summed E-state index contributed by atoms with van der Waals surface area (Å²) in [5.41, 5.74) is 6.14. The third-order valence-electron chi connectivity index (χ3n) is 8.28. The minimum absolute atomic E-state index is 0.109. The van der Waals surface area contributed by atoms with Crippen LogP contribution in [0.15, 0.2) is 65.6 Å². The molecule has 0 saturated carbocycles. The zero-order valence-electron chi connectivity index (χ0n) is 26.7. The molecule has 0 bridgehead atoms. The Morgan fingerprint density at radius 3 is 2.44 bits per heavy atom. The molecule has 2 aromatic carbocycles. The number of aliphatic hydroxyl groups is 1. The van der Waals surface area contributed by atoms with Crippen LogP contribution in [0, 0.1) is 11.8 Å². The van der Waals surface area contributed by atoms with Crippen LogP contribution in [0.3, 0.4) is 0 Å². The molecule has 0 radical (unpaired) electrons. The van der Waals surface area contributed by atoms with Crippen LogP contribution in [-0.2, 0) is 0 Å². The van der Waals surface area contributed by atoms with Crippen LogP contribution in [0.5, 0.6) is 0 Å². The van der Waals surface area contributed by atoms with E-state index in [0.29, 0.717) is 17.5 Å². The number of hydrogen-bond donors (Lipinski definition) is 3. The number of amides is 2. The number of aliphatic hydroxyl groups excluding tert-OH is 1. The first-order chi connectivity index (χ1) is 21.7. The van der Waals surface area contributed by atoms with Gasteiger partial charge in [0.05, 0.1) is 6.54 Å². The van der Waals surface area contributed by atoms with Crippen LogP contribution in [0.2, 0.25) is 0 Å². The van der Waals surface area contributed by atoms with Gasteiger partial charge in [0.15, 0.2) is 0 Å². The summed E-state index contributed by atoms with van der Waals surface area (Å²) in [6.45, 7) is 11.6. The second-order valence-corrected chi connectivity index (χ2v) is 12.3. The highest BCUT2D eigenvalue weighted by molar-refractivity contribution is 6.03. The second kappa shape index (κ2) is 14.6. The van der Waals surface area contributed by atoms with Crippen molar-refractivity contribution in [2.24, 2.45) is 0 Å². The highest BCUT2D eigenvalue weighted by atomic mass is 16.3. The Kier molecular flexibility index (Phi) is 10.3. The van der Waals surface area contributed by atoms with Crippen LogP contribution in [0.1, 0.15) is 75.5 Å². The lowest BCUT2D eigenvalue weighted by molar-refractivity contribution is 0.254. The van der Waals surface area contributed by atoms with Crippen molar-refractivity contribution in [1.29, 1.82) is 0 Å². The summed E-state index contributed by atoms with van der Waals surface area (Å²) in [6.07, 6.45) is 4.44. The van der Waals surface area contributed by atoms with Crippen molar-refractivity contribution in [2.45, 2.75) is 58.8 Å². The lowest BCUT2D eigenvalue weighted by Crippen LogP contribution is -2.39. The maximum absolute atomic E-state index is 14.0. The number of anilines is 2. The number of nitrogens with one attached hydrogen (secondary N) is 2. The van der Waals surface area contributed by atoms with E-state index < -0.39 is 11.6 Å². The Bertz CT molecular complexity index is 1750. The number of aromatic nitrogens is 2. The van der Waals surface area contributed by atoms with Gasteiger partial charge in [-0.1, -0.05) is 51.7 Å². The summed E-state index contributed by atoms with van der Waals surface area (Å²) >= 11 is 0. The number of carbonyl (C=O) groups excluding carboxylic acids is 1. The molecule has 8 heteroatoms. The second-order valence-electron chi connectivity index (χ2n) is 12.3. The normalized spacial score (nSPS) is 13.3. The van der Waals surface area contributed by atoms with E-state index in [2.05, 4.69) is 84.0 Å². The van der Waals surface area contributed by atoms with Crippen molar-refractivity contribution in [2.75, 3.05) is 43.0 Å². The van der Waals surface area contributed by atoms with Crippen molar-refractivity contribution in [1.82, 2.24) is 14.9 Å². The predicted octanol–water partition coefficient (Wildman–Crippen LogP) is 6.71. The molecule has 2 aromatic heterocycles. The number of urea groups is 1. The first-order valence-electron chi connectivity index (χ1n) is 15.9. The first kappa shape index (κ1) is 32.0. The van der Waals surface area contributed by atoms with Gasteiger partial charge in [0.1, 0.15) is 11.3 Å². The van der Waals surface area contributed by atoms with Gasteiger partial charge in [0.2, 0.25) is 0 Å². The molecular weight excluding hydrogens is 562 g/mol. The van der Waals surface area contributed by atoms with Crippen LogP contribution in [-0.4, -0.2) is 58.8 Å². The number of benzene rings is 2. The van der Waals surface area contributed by atoms with Gasteiger partial charge in [0.25, 0.3) is 5.56 Å². The maximum atomic E-state index is 14.0. The molecule has 45 heavy (non-hydrogen) atoms. The molecule has 2 amide bonds. The van der Waals surface area contributed by atoms with Gasteiger partial charge < -0.3 is 15.4 Å². The van der Waals surface area contributed by atoms with E-state index in [4.69, 9.17) is 0 Å². The summed E-state index contributed by atoms with van der Waals surface area (Å²) in [6, 6.07) is 17.5. The molecule has 3 N–H and O–H groups in total. The lowest BCUT2D eigenvalue weighted by atomic mass is 9.88. The lowest BCUT2D eigenvalue weighted by Gasteiger charge is -2.26. The molecule has 1 aliphatic rings. The molecule has 3 heterocycles. The van der Waals surface area contributed by atoms with Gasteiger partial charge in [-0.15, -0.1) is 0 Å². The van der Waals surface area contributed by atoms with E-state index in [9.17, 15) is 14.7 Å². The van der Waals surface area contributed by atoms with Crippen LogP contribution >= 0.6 is 0 Å². The maximum Gasteiger partial charge on any atom is 0.326 e. The van der Waals surface area contributed by atoms with Crippen LogP contribution < -0.4 is 15.8 Å². The number of nitrogens with zero attached hydrogens (tertiary/aromatic N) is 3. The minimum atomic E-state index is -0.427. The van der Waals surface area contributed by atoms with Crippen molar-refractivity contribution in [3.63, 3.8) is 0 Å². The van der Waals surface area contributed by atoms with Crippen molar-refractivity contribution in [3.8, 4) is 23.0 Å². The zero-order valence-corrected chi connectivity index (χ0v) is 26.7. The number of carbonyl (C=O) groups is 1. The third kappa shape index (κ3) is 7.62. The summed E-state index contributed by atoms with van der Waals surface area (Å²) in [5, 5.41) is 13.5. The Hall–Kier alpha value is -4.45. The molecule has 5 rings (SSSR count). The standard InChI is InChI=1S/C37H43N5O3/c1-25(2)31-22-30(28-13-7-11-27(21-28)12-9-18-41-16-5-6-17-41)23-32(26(3)4)34(31)39-37(45)42(19-10-20-43)33-24-29-14-8-15-38-35(29)40-36(33)44/h7-8,11,13-15,21-26,43H,5-6,10,16-20H2,1-4H3,(H,39,45)(H,38,40,44). The zero-order chi connectivity index (χ0) is 31.9. The summed E-state index contributed by atoms with van der Waals surface area (Å²) in [5.74, 6) is 6.92. The van der Waals surface area contributed by atoms with Gasteiger partial charge in [-0.25, -0.2) is 9.78 Å². The fraction of sp³-hybridized carbons (Fsp3) is 0.378. The highest BCUT2D eigenvalue weighted by Gasteiger charge is 2.24. The Labute approximate surface area is 265 Å². The molecule has 4 aromatic rings. The number of H-pyrrole nitrogens is 1. The van der Waals surface area contributed by atoms with E-state index >= 15 is 0 Å². The van der Waals surface area contributed by atoms with E-state index in [-0.39, 0.29) is 30.7 Å². The molecular formula is C37H43N5O3. The molecule has 1 fully saturated rings. The average Bonchev–Trinajstić information content (AvgIpc) is 3.55.